The molecule has 3 aromatic rings. The summed E-state index contributed by atoms with van der Waals surface area (Å²) in [5.74, 6) is 0.412. The number of hydrogen-bond donors (Lipinski definition) is 1. The number of nitrogens with zero attached hydrogens (tertiary/aromatic N) is 3. The van der Waals surface area contributed by atoms with Crippen molar-refractivity contribution in [3.05, 3.63) is 52.6 Å². The number of halogens is 3. The first kappa shape index (κ1) is 24.3. The fraction of sp³-hybridized carbons (Fsp3) is 0.435. The molecule has 34 heavy (non-hydrogen) atoms. The van der Waals surface area contributed by atoms with Crippen molar-refractivity contribution in [2.75, 3.05) is 26.9 Å². The number of aliphatic hydroxyl groups is 1. The topological polar surface area (TPSA) is 97.9 Å². The van der Waals surface area contributed by atoms with Crippen LogP contribution in [0, 0.1) is 0 Å². The van der Waals surface area contributed by atoms with E-state index in [1.807, 2.05) is 0 Å². The number of hydrogen-bond acceptors (Lipinski definition) is 7. The summed E-state index contributed by atoms with van der Waals surface area (Å²) in [5, 5.41) is 10.3. The highest BCUT2D eigenvalue weighted by molar-refractivity contribution is 6.30. The van der Waals surface area contributed by atoms with Gasteiger partial charge in [-0.3, -0.25) is 9.78 Å². The third-order valence-electron chi connectivity index (χ3n) is 5.65. The number of aryl methyl sites for hydroxylation is 2. The van der Waals surface area contributed by atoms with Crippen LogP contribution in [0.5, 0.6) is 5.75 Å². The molecule has 1 amide bonds. The number of methoxy groups -OCH3 is 1. The van der Waals surface area contributed by atoms with Crippen LogP contribution in [0.15, 0.2) is 34.9 Å². The van der Waals surface area contributed by atoms with Crippen LogP contribution in [0.4, 0.5) is 8.78 Å². The molecule has 1 saturated heterocycles. The number of likely N-dealkylation sites (tertiary alicyclic amines) is 1. The molecule has 2 atom stereocenters. The number of fused-ring (bicyclic) bond motifs is 1. The highest BCUT2D eigenvalue weighted by Crippen LogP contribution is 2.31. The van der Waals surface area contributed by atoms with Gasteiger partial charge in [-0.15, -0.1) is 0 Å². The number of aliphatic hydroxyl groups excluding tert-OH is 1. The number of carbonyl (C=O) groups is 1. The Morgan fingerprint density at radius 2 is 2.18 bits per heavy atom. The highest BCUT2D eigenvalue weighted by atomic mass is 35.5. The molecule has 2 aromatic heterocycles. The lowest BCUT2D eigenvalue weighted by molar-refractivity contribution is -0.0194. The first-order valence-electron chi connectivity index (χ1n) is 10.8. The van der Waals surface area contributed by atoms with Crippen LogP contribution in [0.3, 0.4) is 0 Å². The molecule has 182 valence electrons. The molecule has 1 aliphatic rings. The summed E-state index contributed by atoms with van der Waals surface area (Å²) in [7, 11) is 1.46. The SMILES string of the molecule is COc1cc(C(=O)N2C[C@H](OCC(F)F)CC2CO)cc2nc(CCc3cc(Cl)ccn3)oc12. The van der Waals surface area contributed by atoms with Gasteiger partial charge in [0.15, 0.2) is 17.2 Å². The zero-order chi connectivity index (χ0) is 24.2. The summed E-state index contributed by atoms with van der Waals surface area (Å²) in [6, 6.07) is 6.07. The summed E-state index contributed by atoms with van der Waals surface area (Å²) < 4.78 is 41.5. The average molecular weight is 496 g/mol. The molecule has 3 heterocycles. The molecule has 0 radical (unpaired) electrons. The Kier molecular flexibility index (Phi) is 7.60. The second-order valence-electron chi connectivity index (χ2n) is 7.98. The van der Waals surface area contributed by atoms with Crippen molar-refractivity contribution in [2.45, 2.75) is 37.8 Å². The van der Waals surface area contributed by atoms with E-state index in [1.54, 1.807) is 30.5 Å². The molecule has 4 rings (SSSR count). The zero-order valence-corrected chi connectivity index (χ0v) is 19.2. The Morgan fingerprint density at radius 3 is 2.88 bits per heavy atom. The van der Waals surface area contributed by atoms with Gasteiger partial charge in [0, 0.05) is 35.4 Å². The molecule has 11 heteroatoms. The van der Waals surface area contributed by atoms with E-state index in [4.69, 9.17) is 25.5 Å². The molecule has 0 aliphatic carbocycles. The third kappa shape index (κ3) is 5.45. The normalized spacial score (nSPS) is 18.2. The maximum absolute atomic E-state index is 13.2. The Labute approximate surface area is 199 Å². The average Bonchev–Trinajstić information content (AvgIpc) is 3.44. The summed E-state index contributed by atoms with van der Waals surface area (Å²) in [5.41, 5.74) is 1.94. The van der Waals surface area contributed by atoms with Crippen LogP contribution in [0.1, 0.15) is 28.4 Å². The van der Waals surface area contributed by atoms with E-state index in [1.165, 1.54) is 12.0 Å². The first-order chi connectivity index (χ1) is 16.4. The number of benzene rings is 1. The number of alkyl halides is 2. The van der Waals surface area contributed by atoms with Crippen LogP contribution >= 0.6 is 11.6 Å². The Bertz CT molecular complexity index is 1160. The van der Waals surface area contributed by atoms with Crippen molar-refractivity contribution >= 4 is 28.6 Å². The molecule has 1 aliphatic heterocycles. The summed E-state index contributed by atoms with van der Waals surface area (Å²) in [4.78, 5) is 23.4. The minimum atomic E-state index is -2.60. The van der Waals surface area contributed by atoms with E-state index in [-0.39, 0.29) is 31.0 Å². The fourth-order valence-corrected chi connectivity index (χ4v) is 4.22. The molecule has 1 N–H and O–H groups in total. The molecular weight excluding hydrogens is 472 g/mol. The van der Waals surface area contributed by atoms with E-state index < -0.39 is 25.2 Å². The van der Waals surface area contributed by atoms with Gasteiger partial charge in [0.25, 0.3) is 12.3 Å². The number of oxazole rings is 1. The van der Waals surface area contributed by atoms with Crippen LogP contribution < -0.4 is 4.74 Å². The van der Waals surface area contributed by atoms with Gasteiger partial charge in [-0.1, -0.05) is 11.6 Å². The second kappa shape index (κ2) is 10.6. The Hall–Kier alpha value is -2.82. The van der Waals surface area contributed by atoms with Gasteiger partial charge in [-0.05, 0) is 37.1 Å². The number of carbonyl (C=O) groups excluding carboxylic acids is 1. The quantitative estimate of drug-likeness (QED) is 0.485. The van der Waals surface area contributed by atoms with E-state index in [0.717, 1.165) is 5.69 Å². The lowest BCUT2D eigenvalue weighted by atomic mass is 10.1. The first-order valence-corrected chi connectivity index (χ1v) is 11.1. The van der Waals surface area contributed by atoms with Gasteiger partial charge in [-0.2, -0.15) is 0 Å². The molecule has 0 bridgehead atoms. The number of amides is 1. The van der Waals surface area contributed by atoms with E-state index in [2.05, 4.69) is 9.97 Å². The monoisotopic (exact) mass is 495 g/mol. The lowest BCUT2D eigenvalue weighted by Gasteiger charge is -2.23. The molecular formula is C23H24ClF2N3O5. The predicted molar refractivity (Wildman–Crippen MR) is 119 cm³/mol. The van der Waals surface area contributed by atoms with Crippen molar-refractivity contribution in [1.82, 2.24) is 14.9 Å². The van der Waals surface area contributed by atoms with E-state index in [9.17, 15) is 18.7 Å². The van der Waals surface area contributed by atoms with Gasteiger partial charge < -0.3 is 23.9 Å². The van der Waals surface area contributed by atoms with Crippen LogP contribution in [-0.2, 0) is 17.6 Å². The maximum atomic E-state index is 13.2. The molecule has 1 fully saturated rings. The zero-order valence-electron chi connectivity index (χ0n) is 18.4. The van der Waals surface area contributed by atoms with E-state index >= 15 is 0 Å². The van der Waals surface area contributed by atoms with Gasteiger partial charge in [0.2, 0.25) is 0 Å². The van der Waals surface area contributed by atoms with Gasteiger partial charge in [-0.25, -0.2) is 13.8 Å². The van der Waals surface area contributed by atoms with Crippen LogP contribution in [0.25, 0.3) is 11.1 Å². The second-order valence-corrected chi connectivity index (χ2v) is 8.41. The minimum absolute atomic E-state index is 0.105. The number of aromatic nitrogens is 2. The van der Waals surface area contributed by atoms with Gasteiger partial charge >= 0.3 is 0 Å². The molecule has 1 aromatic carbocycles. The van der Waals surface area contributed by atoms with Crippen molar-refractivity contribution in [3.63, 3.8) is 0 Å². The summed E-state index contributed by atoms with van der Waals surface area (Å²) in [6.07, 6.45) is -0.227. The van der Waals surface area contributed by atoms with Crippen molar-refractivity contribution in [2.24, 2.45) is 0 Å². The number of pyridine rings is 1. The number of ether oxygens (including phenoxy) is 2. The minimum Gasteiger partial charge on any atom is -0.493 e. The smallest absolute Gasteiger partial charge is 0.261 e. The van der Waals surface area contributed by atoms with Gasteiger partial charge in [0.1, 0.15) is 12.1 Å². The Morgan fingerprint density at radius 1 is 1.35 bits per heavy atom. The molecule has 8 nitrogen and oxygen atoms in total. The molecule has 0 saturated carbocycles. The standard InChI is InChI=1S/C23H24ClF2N3O5/c1-32-19-7-13(23(31)29-10-17(9-16(29)11-30)33-12-20(25)26)6-18-22(19)34-21(28-18)3-2-15-8-14(24)4-5-27-15/h4-8,16-17,20,30H,2-3,9-12H2,1H3/t16?,17-/m1/s1. The fourth-order valence-electron chi connectivity index (χ4n) is 4.04. The van der Waals surface area contributed by atoms with Crippen molar-refractivity contribution < 1.29 is 32.6 Å². The highest BCUT2D eigenvalue weighted by Gasteiger charge is 2.36. The summed E-state index contributed by atoms with van der Waals surface area (Å²) in [6.45, 7) is -0.907. The largest absolute Gasteiger partial charge is 0.493 e. The summed E-state index contributed by atoms with van der Waals surface area (Å²) >= 11 is 6.00. The number of rotatable bonds is 9. The third-order valence-corrected chi connectivity index (χ3v) is 5.88. The van der Waals surface area contributed by atoms with E-state index in [0.29, 0.717) is 40.6 Å². The lowest BCUT2D eigenvalue weighted by Crippen LogP contribution is -2.38. The van der Waals surface area contributed by atoms with Crippen LogP contribution in [0.2, 0.25) is 5.02 Å². The van der Waals surface area contributed by atoms with Gasteiger partial charge in [0.05, 0.1) is 25.9 Å². The maximum Gasteiger partial charge on any atom is 0.261 e. The van der Waals surface area contributed by atoms with Crippen LogP contribution in [-0.4, -0.2) is 71.3 Å². The van der Waals surface area contributed by atoms with Crippen molar-refractivity contribution in [1.29, 1.82) is 0 Å². The predicted octanol–water partition coefficient (Wildman–Crippen LogP) is 3.53. The van der Waals surface area contributed by atoms with Crippen molar-refractivity contribution in [3.8, 4) is 5.75 Å². The Balaban J connectivity index is 1.53. The molecule has 0 spiro atoms. The molecule has 1 unspecified atom stereocenters.